The summed E-state index contributed by atoms with van der Waals surface area (Å²) in [6.07, 6.45) is 1.49. The second-order valence-corrected chi connectivity index (χ2v) is 8.67. The molecular weight excluding hydrogens is 554 g/mol. The number of nitro groups is 1. The molecular formula is C24H17Br2N3O4. The molecule has 166 valence electrons. The number of carbonyl (C=O) groups excluding carboxylic acids is 1. The van der Waals surface area contributed by atoms with Crippen LogP contribution in [0.3, 0.4) is 0 Å². The molecule has 3 rings (SSSR count). The molecule has 0 radical (unpaired) electrons. The van der Waals surface area contributed by atoms with Crippen LogP contribution in [0.15, 0.2) is 75.2 Å². The number of carbonyl (C=O) groups is 1. The lowest BCUT2D eigenvalue weighted by molar-refractivity contribution is -0.384. The van der Waals surface area contributed by atoms with Gasteiger partial charge in [-0.3, -0.25) is 14.9 Å². The molecule has 0 saturated heterocycles. The first-order chi connectivity index (χ1) is 15.8. The molecule has 0 heterocycles. The van der Waals surface area contributed by atoms with Crippen LogP contribution in [-0.4, -0.2) is 10.8 Å². The molecule has 0 saturated carbocycles. The number of non-ortho nitro benzene ring substituents is 1. The molecule has 0 atom stereocenters. The predicted molar refractivity (Wildman–Crippen MR) is 133 cm³/mol. The van der Waals surface area contributed by atoms with E-state index in [9.17, 15) is 20.2 Å². The van der Waals surface area contributed by atoms with Crippen molar-refractivity contribution in [3.05, 3.63) is 102 Å². The van der Waals surface area contributed by atoms with Crippen molar-refractivity contribution in [3.8, 4) is 11.8 Å². The van der Waals surface area contributed by atoms with Crippen molar-refractivity contribution in [2.45, 2.75) is 13.5 Å². The molecule has 3 aromatic carbocycles. The Kier molecular flexibility index (Phi) is 7.98. The number of benzene rings is 3. The number of halogens is 2. The number of rotatable bonds is 7. The van der Waals surface area contributed by atoms with Crippen LogP contribution in [-0.2, 0) is 11.4 Å². The smallest absolute Gasteiger partial charge is 0.269 e. The highest BCUT2D eigenvalue weighted by Gasteiger charge is 2.14. The Bertz CT molecular complexity index is 1260. The molecule has 0 bridgehead atoms. The highest BCUT2D eigenvalue weighted by Crippen LogP contribution is 2.36. The number of nitrogens with zero attached hydrogens (tertiary/aromatic N) is 2. The molecule has 0 fully saturated rings. The SMILES string of the molecule is Cc1ccccc1NC(=O)/C(C#N)=C\c1cc(Br)c(OCc2ccc([N+](=O)[O-])cc2)c(Br)c1. The van der Waals surface area contributed by atoms with Gasteiger partial charge in [0.2, 0.25) is 0 Å². The van der Waals surface area contributed by atoms with Gasteiger partial charge in [0.05, 0.1) is 13.9 Å². The summed E-state index contributed by atoms with van der Waals surface area (Å²) in [6, 6.07) is 18.8. The van der Waals surface area contributed by atoms with E-state index < -0.39 is 10.8 Å². The van der Waals surface area contributed by atoms with Crippen molar-refractivity contribution in [2.75, 3.05) is 5.32 Å². The number of anilines is 1. The zero-order chi connectivity index (χ0) is 24.0. The van der Waals surface area contributed by atoms with Gasteiger partial charge in [-0.05, 0) is 91.9 Å². The summed E-state index contributed by atoms with van der Waals surface area (Å²) in [7, 11) is 0. The standard InChI is InChI=1S/C24H17Br2N3O4/c1-15-4-2-3-5-22(15)28-24(30)18(13-27)10-17-11-20(25)23(21(26)12-17)33-14-16-6-8-19(9-7-16)29(31)32/h2-12H,14H2,1H3,(H,28,30)/b18-10-. The average molecular weight is 571 g/mol. The van der Waals surface area contributed by atoms with Gasteiger partial charge in [-0.2, -0.15) is 5.26 Å². The van der Waals surface area contributed by atoms with Crippen molar-refractivity contribution in [1.29, 1.82) is 5.26 Å². The van der Waals surface area contributed by atoms with Gasteiger partial charge in [0.15, 0.2) is 0 Å². The number of aryl methyl sites for hydroxylation is 1. The number of hydrogen-bond acceptors (Lipinski definition) is 5. The van der Waals surface area contributed by atoms with E-state index in [1.54, 1.807) is 30.3 Å². The van der Waals surface area contributed by atoms with E-state index in [1.165, 1.54) is 18.2 Å². The van der Waals surface area contributed by atoms with Gasteiger partial charge >= 0.3 is 0 Å². The third-order valence-electron chi connectivity index (χ3n) is 4.62. The third-order valence-corrected chi connectivity index (χ3v) is 5.80. The van der Waals surface area contributed by atoms with E-state index in [4.69, 9.17) is 4.74 Å². The Morgan fingerprint density at radius 1 is 1.15 bits per heavy atom. The van der Waals surface area contributed by atoms with Gasteiger partial charge < -0.3 is 10.1 Å². The van der Waals surface area contributed by atoms with Crippen LogP contribution in [0.2, 0.25) is 0 Å². The van der Waals surface area contributed by atoms with Gasteiger partial charge in [-0.1, -0.05) is 18.2 Å². The van der Waals surface area contributed by atoms with E-state index in [1.807, 2.05) is 31.2 Å². The van der Waals surface area contributed by atoms with Crippen LogP contribution in [0.25, 0.3) is 6.08 Å². The fourth-order valence-corrected chi connectivity index (χ4v) is 4.34. The molecule has 1 amide bonds. The first-order valence-corrected chi connectivity index (χ1v) is 11.2. The molecule has 7 nitrogen and oxygen atoms in total. The van der Waals surface area contributed by atoms with Crippen molar-refractivity contribution >= 4 is 55.2 Å². The van der Waals surface area contributed by atoms with Gasteiger partial charge in [-0.25, -0.2) is 0 Å². The summed E-state index contributed by atoms with van der Waals surface area (Å²) < 4.78 is 7.08. The van der Waals surface area contributed by atoms with Crippen LogP contribution in [0.5, 0.6) is 5.75 Å². The van der Waals surface area contributed by atoms with E-state index in [0.717, 1.165) is 11.1 Å². The second kappa shape index (κ2) is 10.9. The Balaban J connectivity index is 1.75. The van der Waals surface area contributed by atoms with Crippen LogP contribution in [0.4, 0.5) is 11.4 Å². The minimum Gasteiger partial charge on any atom is -0.487 e. The number of para-hydroxylation sites is 1. The molecule has 0 aromatic heterocycles. The maximum Gasteiger partial charge on any atom is 0.269 e. The van der Waals surface area contributed by atoms with Crippen LogP contribution < -0.4 is 10.1 Å². The van der Waals surface area contributed by atoms with Crippen molar-refractivity contribution < 1.29 is 14.5 Å². The summed E-state index contributed by atoms with van der Waals surface area (Å²) in [5.41, 5.74) is 2.88. The van der Waals surface area contributed by atoms with E-state index >= 15 is 0 Å². The van der Waals surface area contributed by atoms with Crippen LogP contribution in [0.1, 0.15) is 16.7 Å². The third kappa shape index (κ3) is 6.28. The van der Waals surface area contributed by atoms with Crippen LogP contribution >= 0.6 is 31.9 Å². The fourth-order valence-electron chi connectivity index (χ4n) is 2.89. The summed E-state index contributed by atoms with van der Waals surface area (Å²) in [6.45, 7) is 2.07. The molecule has 0 aliphatic heterocycles. The minimum absolute atomic E-state index is 0.0111. The lowest BCUT2D eigenvalue weighted by Gasteiger charge is -2.12. The minimum atomic E-state index is -0.502. The Morgan fingerprint density at radius 3 is 2.36 bits per heavy atom. The van der Waals surface area contributed by atoms with Crippen LogP contribution in [0, 0.1) is 28.4 Å². The maximum atomic E-state index is 12.6. The summed E-state index contributed by atoms with van der Waals surface area (Å²) in [5.74, 6) is 0.0194. The molecule has 0 aliphatic rings. The largest absolute Gasteiger partial charge is 0.487 e. The fraction of sp³-hybridized carbons (Fsp3) is 0.0833. The monoisotopic (exact) mass is 569 g/mol. The quantitative estimate of drug-likeness (QED) is 0.150. The predicted octanol–water partition coefficient (Wildman–Crippen LogP) is 6.55. The number of amides is 1. The van der Waals surface area contributed by atoms with Gasteiger partial charge in [0.25, 0.3) is 11.6 Å². The normalized spacial score (nSPS) is 10.9. The lowest BCUT2D eigenvalue weighted by atomic mass is 10.1. The van der Waals surface area contributed by atoms with Gasteiger partial charge in [0.1, 0.15) is 24.0 Å². The zero-order valence-corrected chi connectivity index (χ0v) is 20.5. The average Bonchev–Trinajstić information content (AvgIpc) is 2.78. The Hall–Kier alpha value is -3.48. The van der Waals surface area contributed by atoms with E-state index in [-0.39, 0.29) is 17.9 Å². The molecule has 1 N–H and O–H groups in total. The first-order valence-electron chi connectivity index (χ1n) is 9.62. The topological polar surface area (TPSA) is 105 Å². The maximum absolute atomic E-state index is 12.6. The number of hydrogen-bond donors (Lipinski definition) is 1. The molecule has 0 unspecified atom stereocenters. The van der Waals surface area contributed by atoms with E-state index in [0.29, 0.717) is 25.9 Å². The first kappa shape index (κ1) is 24.2. The summed E-state index contributed by atoms with van der Waals surface area (Å²) in [5, 5.41) is 23.0. The molecule has 33 heavy (non-hydrogen) atoms. The number of nitrogens with one attached hydrogen (secondary N) is 1. The van der Waals surface area contributed by atoms with Gasteiger partial charge in [0, 0.05) is 17.8 Å². The highest BCUT2D eigenvalue weighted by atomic mass is 79.9. The summed E-state index contributed by atoms with van der Waals surface area (Å²) >= 11 is 6.91. The molecule has 0 spiro atoms. The second-order valence-electron chi connectivity index (χ2n) is 6.96. The molecule has 9 heteroatoms. The van der Waals surface area contributed by atoms with Crippen molar-refractivity contribution in [1.82, 2.24) is 0 Å². The number of nitro benzene ring substituents is 1. The highest BCUT2D eigenvalue weighted by molar-refractivity contribution is 9.11. The van der Waals surface area contributed by atoms with Crippen molar-refractivity contribution in [3.63, 3.8) is 0 Å². The Morgan fingerprint density at radius 2 is 1.79 bits per heavy atom. The molecule has 0 aliphatic carbocycles. The Labute approximate surface area is 207 Å². The summed E-state index contributed by atoms with van der Waals surface area (Å²) in [4.78, 5) is 22.9. The number of ether oxygens (including phenoxy) is 1. The molecule has 3 aromatic rings. The lowest BCUT2D eigenvalue weighted by Crippen LogP contribution is -2.14. The number of nitriles is 1. The van der Waals surface area contributed by atoms with Crippen molar-refractivity contribution in [2.24, 2.45) is 0 Å². The van der Waals surface area contributed by atoms with E-state index in [2.05, 4.69) is 37.2 Å². The van der Waals surface area contributed by atoms with Gasteiger partial charge in [-0.15, -0.1) is 0 Å². The zero-order valence-electron chi connectivity index (χ0n) is 17.3.